The van der Waals surface area contributed by atoms with E-state index >= 15 is 0 Å². The number of hydrogen-bond acceptors (Lipinski definition) is 8. The van der Waals surface area contributed by atoms with Gasteiger partial charge >= 0.3 is 12.1 Å². The Morgan fingerprint density at radius 3 is 2.50 bits per heavy atom. The number of nitriles is 1. The number of nitrogens with one attached hydrogen (secondary N) is 2. The minimum Gasteiger partial charge on any atom is -0.458 e. The van der Waals surface area contributed by atoms with Crippen LogP contribution in [0.5, 0.6) is 0 Å². The number of aromatic amines is 1. The van der Waals surface area contributed by atoms with Gasteiger partial charge in [-0.2, -0.15) is 23.5 Å². The molecular formula is C27H30F3N5O5. The first-order valence-electron chi connectivity index (χ1n) is 12.6. The summed E-state index contributed by atoms with van der Waals surface area (Å²) in [5.41, 5.74) is -4.85. The molecule has 0 aliphatic carbocycles. The SMILES string of the molecule is CC(C)(C)OC(=O)[C@@H]1CC[C@@](CC#N)(n2nc(Nc3ccc(C(C)(O)C(F)(F)F)cc3)c3c(=O)[nH]ccc32)CO1. The number of carbonyl (C=O) groups is 1. The molecule has 10 nitrogen and oxygen atoms in total. The Labute approximate surface area is 227 Å². The molecule has 1 aromatic carbocycles. The van der Waals surface area contributed by atoms with Crippen molar-refractivity contribution < 1.29 is 32.5 Å². The van der Waals surface area contributed by atoms with E-state index in [0.717, 1.165) is 12.1 Å². The normalized spacial score (nSPS) is 21.4. The summed E-state index contributed by atoms with van der Waals surface area (Å²) >= 11 is 0. The van der Waals surface area contributed by atoms with Gasteiger partial charge < -0.3 is 24.9 Å². The molecule has 13 heteroatoms. The number of carbonyl (C=O) groups excluding carboxylic acids is 1. The van der Waals surface area contributed by atoms with Crippen molar-refractivity contribution in [1.29, 1.82) is 5.26 Å². The number of alkyl halides is 3. The number of aliphatic hydroxyl groups is 1. The van der Waals surface area contributed by atoms with E-state index in [0.29, 0.717) is 24.5 Å². The molecule has 1 aliphatic heterocycles. The lowest BCUT2D eigenvalue weighted by molar-refractivity contribution is -0.258. The number of fused-ring (bicyclic) bond motifs is 1. The highest BCUT2D eigenvalue weighted by atomic mass is 19.4. The number of halogens is 3. The van der Waals surface area contributed by atoms with Gasteiger partial charge in [-0.1, -0.05) is 12.1 Å². The molecule has 0 saturated carbocycles. The molecule has 214 valence electrons. The first-order valence-corrected chi connectivity index (χ1v) is 12.6. The Morgan fingerprint density at radius 1 is 1.27 bits per heavy atom. The Hall–Kier alpha value is -3.89. The molecule has 2 aromatic heterocycles. The number of nitrogens with zero attached hydrogens (tertiary/aromatic N) is 3. The monoisotopic (exact) mass is 561 g/mol. The van der Waals surface area contributed by atoms with Crippen molar-refractivity contribution in [2.45, 2.75) is 76.0 Å². The van der Waals surface area contributed by atoms with Crippen LogP contribution in [0.25, 0.3) is 10.9 Å². The second kappa shape index (κ2) is 10.3. The Kier molecular flexibility index (Phi) is 7.46. The smallest absolute Gasteiger partial charge is 0.421 e. The molecule has 3 aromatic rings. The van der Waals surface area contributed by atoms with E-state index in [4.69, 9.17) is 9.47 Å². The predicted octanol–water partition coefficient (Wildman–Crippen LogP) is 4.37. The zero-order valence-electron chi connectivity index (χ0n) is 22.4. The summed E-state index contributed by atoms with van der Waals surface area (Å²) in [4.78, 5) is 28.0. The van der Waals surface area contributed by atoms with E-state index in [9.17, 15) is 33.1 Å². The summed E-state index contributed by atoms with van der Waals surface area (Å²) in [6, 6.07) is 8.69. The largest absolute Gasteiger partial charge is 0.458 e. The molecule has 40 heavy (non-hydrogen) atoms. The topological polar surface area (TPSA) is 142 Å². The molecule has 1 saturated heterocycles. The Morgan fingerprint density at radius 2 is 1.95 bits per heavy atom. The maximum absolute atomic E-state index is 13.2. The van der Waals surface area contributed by atoms with Crippen LogP contribution in [0.3, 0.4) is 0 Å². The van der Waals surface area contributed by atoms with E-state index in [1.165, 1.54) is 23.0 Å². The third-order valence-corrected chi connectivity index (χ3v) is 6.82. The van der Waals surface area contributed by atoms with Crippen LogP contribution in [0.4, 0.5) is 24.7 Å². The first-order chi connectivity index (χ1) is 18.6. The van der Waals surface area contributed by atoms with Crippen LogP contribution >= 0.6 is 0 Å². The molecule has 3 atom stereocenters. The molecule has 4 rings (SSSR count). The van der Waals surface area contributed by atoms with E-state index in [-0.39, 0.29) is 36.2 Å². The van der Waals surface area contributed by atoms with Gasteiger partial charge in [0, 0.05) is 11.9 Å². The fraction of sp³-hybridized carbons (Fsp3) is 0.481. The van der Waals surface area contributed by atoms with Crippen LogP contribution in [0.15, 0.2) is 41.3 Å². The number of anilines is 2. The van der Waals surface area contributed by atoms with Gasteiger partial charge in [0.05, 0.1) is 30.2 Å². The molecule has 1 unspecified atom stereocenters. The highest BCUT2D eigenvalue weighted by molar-refractivity contribution is 5.91. The maximum atomic E-state index is 13.2. The van der Waals surface area contributed by atoms with Crippen LogP contribution < -0.4 is 10.9 Å². The highest BCUT2D eigenvalue weighted by Gasteiger charge is 2.51. The fourth-order valence-corrected chi connectivity index (χ4v) is 4.60. The van der Waals surface area contributed by atoms with Crippen molar-refractivity contribution in [1.82, 2.24) is 14.8 Å². The summed E-state index contributed by atoms with van der Waals surface area (Å²) in [6.45, 7) is 5.87. The summed E-state index contributed by atoms with van der Waals surface area (Å²) in [5, 5.41) is 27.3. The van der Waals surface area contributed by atoms with E-state index in [1.807, 2.05) is 0 Å². The molecular weight excluding hydrogens is 531 g/mol. The lowest BCUT2D eigenvalue weighted by Gasteiger charge is -2.39. The molecule has 0 amide bonds. The quantitative estimate of drug-likeness (QED) is 0.377. The predicted molar refractivity (Wildman–Crippen MR) is 139 cm³/mol. The van der Waals surface area contributed by atoms with Crippen molar-refractivity contribution in [2.24, 2.45) is 0 Å². The average molecular weight is 562 g/mol. The summed E-state index contributed by atoms with van der Waals surface area (Å²) in [6.07, 6.45) is -3.70. The number of pyridine rings is 1. The number of rotatable bonds is 6. The van der Waals surface area contributed by atoms with Crippen molar-refractivity contribution in [3.05, 3.63) is 52.4 Å². The number of benzene rings is 1. The fourth-order valence-electron chi connectivity index (χ4n) is 4.60. The molecule has 1 aliphatic rings. The summed E-state index contributed by atoms with van der Waals surface area (Å²) in [5.74, 6) is -0.395. The van der Waals surface area contributed by atoms with Crippen LogP contribution in [0, 0.1) is 11.3 Å². The third kappa shape index (κ3) is 5.55. The zero-order valence-corrected chi connectivity index (χ0v) is 22.4. The van der Waals surface area contributed by atoms with Crippen molar-refractivity contribution in [3.8, 4) is 6.07 Å². The molecule has 0 bridgehead atoms. The molecule has 3 N–H and O–H groups in total. The first kappa shape index (κ1) is 29.1. The van der Waals surface area contributed by atoms with Gasteiger partial charge in [0.25, 0.3) is 5.56 Å². The average Bonchev–Trinajstić information content (AvgIpc) is 3.23. The molecule has 3 heterocycles. The number of aromatic nitrogens is 3. The van der Waals surface area contributed by atoms with Gasteiger partial charge in [-0.05, 0) is 64.3 Å². The van der Waals surface area contributed by atoms with Crippen LogP contribution in [-0.2, 0) is 25.4 Å². The van der Waals surface area contributed by atoms with Crippen LogP contribution in [0.1, 0.15) is 52.5 Å². The van der Waals surface area contributed by atoms with Gasteiger partial charge in [0.15, 0.2) is 17.5 Å². The van der Waals surface area contributed by atoms with Gasteiger partial charge in [-0.15, -0.1) is 0 Å². The van der Waals surface area contributed by atoms with E-state index in [1.54, 1.807) is 26.8 Å². The van der Waals surface area contributed by atoms with Gasteiger partial charge in [-0.25, -0.2) is 4.79 Å². The second-order valence-electron chi connectivity index (χ2n) is 11.0. The summed E-state index contributed by atoms with van der Waals surface area (Å²) < 4.78 is 52.5. The van der Waals surface area contributed by atoms with Crippen molar-refractivity contribution in [3.63, 3.8) is 0 Å². The minimum atomic E-state index is -4.87. The molecule has 0 spiro atoms. The number of esters is 1. The number of hydrogen-bond donors (Lipinski definition) is 3. The summed E-state index contributed by atoms with van der Waals surface area (Å²) in [7, 11) is 0. The van der Waals surface area contributed by atoms with Gasteiger partial charge in [-0.3, -0.25) is 9.48 Å². The second-order valence-corrected chi connectivity index (χ2v) is 11.0. The standard InChI is InChI=1S/C27H30F3N5O5/c1-24(2,3)40-23(37)19-9-11-26(12-13-31,15-39-19)35-18-10-14-32-22(36)20(18)21(34-35)33-17-7-5-16(6-8-17)25(4,38)27(28,29)30/h5-8,10,14,19,38H,9,11-12,15H2,1-4H3,(H,32,36)(H,33,34)/t19-,25?,26-/m0/s1. The van der Waals surface area contributed by atoms with Gasteiger partial charge in [0.2, 0.25) is 0 Å². The molecule has 1 fully saturated rings. The van der Waals surface area contributed by atoms with E-state index < -0.39 is 40.5 Å². The van der Waals surface area contributed by atoms with Gasteiger partial charge in [0.1, 0.15) is 11.0 Å². The molecule has 0 radical (unpaired) electrons. The van der Waals surface area contributed by atoms with Crippen molar-refractivity contribution >= 4 is 28.4 Å². The minimum absolute atomic E-state index is 0.0295. The Bertz CT molecular complexity index is 1490. The number of ether oxygens (including phenoxy) is 2. The lowest BCUT2D eigenvalue weighted by atomic mass is 9.87. The van der Waals surface area contributed by atoms with Crippen molar-refractivity contribution in [2.75, 3.05) is 11.9 Å². The third-order valence-electron chi connectivity index (χ3n) is 6.82. The lowest BCUT2D eigenvalue weighted by Crippen LogP contribution is -2.47. The number of H-pyrrole nitrogens is 1. The highest BCUT2D eigenvalue weighted by Crippen LogP contribution is 2.40. The van der Waals surface area contributed by atoms with Crippen LogP contribution in [0.2, 0.25) is 0 Å². The van der Waals surface area contributed by atoms with Crippen LogP contribution in [-0.4, -0.2) is 50.3 Å². The zero-order chi connectivity index (χ0) is 29.5. The maximum Gasteiger partial charge on any atom is 0.421 e. The van der Waals surface area contributed by atoms with E-state index in [2.05, 4.69) is 21.5 Å². The Balaban J connectivity index is 1.68.